The first-order valence-electron chi connectivity index (χ1n) is 5.43. The van der Waals surface area contributed by atoms with Crippen molar-refractivity contribution in [3.8, 4) is 0 Å². The summed E-state index contributed by atoms with van der Waals surface area (Å²) in [5.41, 5.74) is 2.70. The maximum Gasteiger partial charge on any atom is 0.132 e. The predicted molar refractivity (Wildman–Crippen MR) is 65.3 cm³/mol. The normalized spacial score (nSPS) is 10.8. The van der Waals surface area contributed by atoms with Crippen LogP contribution in [0.3, 0.4) is 0 Å². The van der Waals surface area contributed by atoms with Gasteiger partial charge >= 0.3 is 0 Å². The lowest BCUT2D eigenvalue weighted by Gasteiger charge is -2.10. The van der Waals surface area contributed by atoms with Gasteiger partial charge < -0.3 is 5.32 Å². The van der Waals surface area contributed by atoms with E-state index in [1.54, 1.807) is 6.07 Å². The molecule has 16 heavy (non-hydrogen) atoms. The van der Waals surface area contributed by atoms with Crippen LogP contribution in [-0.4, -0.2) is 11.5 Å². The molecule has 0 aliphatic carbocycles. The highest BCUT2D eigenvalue weighted by Crippen LogP contribution is 2.24. The molecule has 1 aromatic carbocycles. The van der Waals surface area contributed by atoms with Crippen molar-refractivity contribution in [3.05, 3.63) is 35.1 Å². The van der Waals surface area contributed by atoms with Gasteiger partial charge in [-0.2, -0.15) is 0 Å². The highest BCUT2D eigenvalue weighted by Gasteiger charge is 2.08. The van der Waals surface area contributed by atoms with E-state index in [4.69, 9.17) is 0 Å². The zero-order chi connectivity index (χ0) is 11.7. The molecule has 0 aliphatic heterocycles. The van der Waals surface area contributed by atoms with Crippen LogP contribution in [0.25, 0.3) is 10.9 Å². The van der Waals surface area contributed by atoms with Gasteiger partial charge in [0.15, 0.2) is 0 Å². The van der Waals surface area contributed by atoms with Crippen molar-refractivity contribution in [2.75, 3.05) is 11.9 Å². The number of rotatable bonds is 2. The molecule has 2 rings (SSSR count). The van der Waals surface area contributed by atoms with Gasteiger partial charge in [0.25, 0.3) is 0 Å². The van der Waals surface area contributed by atoms with E-state index >= 15 is 0 Å². The zero-order valence-corrected chi connectivity index (χ0v) is 9.76. The number of nitrogens with zero attached hydrogens (tertiary/aromatic N) is 1. The first kappa shape index (κ1) is 10.9. The van der Waals surface area contributed by atoms with Crippen LogP contribution in [0, 0.1) is 19.7 Å². The lowest BCUT2D eigenvalue weighted by molar-refractivity contribution is 0.639. The molecule has 0 radical (unpaired) electrons. The molecule has 0 amide bonds. The summed E-state index contributed by atoms with van der Waals surface area (Å²) in [5.74, 6) is 0.628. The van der Waals surface area contributed by atoms with Crippen LogP contribution in [0.2, 0.25) is 0 Å². The van der Waals surface area contributed by atoms with E-state index in [1.807, 2.05) is 26.8 Å². The van der Waals surface area contributed by atoms with Gasteiger partial charge in [0.2, 0.25) is 0 Å². The molecule has 1 N–H and O–H groups in total. The SMILES string of the molecule is CCNc1nc2c(C)ccc(F)c2cc1C. The van der Waals surface area contributed by atoms with Crippen LogP contribution in [0.5, 0.6) is 0 Å². The fourth-order valence-electron chi connectivity index (χ4n) is 1.81. The van der Waals surface area contributed by atoms with E-state index in [-0.39, 0.29) is 5.82 Å². The molecule has 1 heterocycles. The average Bonchev–Trinajstić information content (AvgIpc) is 2.26. The third-order valence-corrected chi connectivity index (χ3v) is 2.67. The number of pyridine rings is 1. The fraction of sp³-hybridized carbons (Fsp3) is 0.308. The third kappa shape index (κ3) is 1.73. The number of anilines is 1. The molecule has 0 bridgehead atoms. The van der Waals surface area contributed by atoms with E-state index in [9.17, 15) is 4.39 Å². The second-order valence-corrected chi connectivity index (χ2v) is 3.94. The Labute approximate surface area is 94.5 Å². The molecule has 0 saturated carbocycles. The van der Waals surface area contributed by atoms with Crippen LogP contribution in [0.1, 0.15) is 18.1 Å². The van der Waals surface area contributed by atoms with Crippen molar-refractivity contribution in [1.29, 1.82) is 0 Å². The van der Waals surface area contributed by atoms with Gasteiger partial charge in [0.1, 0.15) is 11.6 Å². The van der Waals surface area contributed by atoms with Gasteiger partial charge in [0.05, 0.1) is 5.52 Å². The number of aromatic nitrogens is 1. The van der Waals surface area contributed by atoms with Gasteiger partial charge in [-0.25, -0.2) is 9.37 Å². The molecule has 84 valence electrons. The van der Waals surface area contributed by atoms with Crippen LogP contribution in [-0.2, 0) is 0 Å². The lowest BCUT2D eigenvalue weighted by atomic mass is 10.1. The minimum absolute atomic E-state index is 0.209. The zero-order valence-electron chi connectivity index (χ0n) is 9.76. The molecule has 2 aromatic rings. The Morgan fingerprint density at radius 3 is 2.69 bits per heavy atom. The lowest BCUT2D eigenvalue weighted by Crippen LogP contribution is -2.02. The molecule has 0 fully saturated rings. The minimum atomic E-state index is -0.209. The smallest absolute Gasteiger partial charge is 0.132 e. The molecule has 1 aromatic heterocycles. The molecule has 0 aliphatic rings. The van der Waals surface area contributed by atoms with Gasteiger partial charge in [-0.05, 0) is 44.0 Å². The minimum Gasteiger partial charge on any atom is -0.370 e. The van der Waals surface area contributed by atoms with Gasteiger partial charge in [-0.3, -0.25) is 0 Å². The number of hydrogen-bond donors (Lipinski definition) is 1. The van der Waals surface area contributed by atoms with Crippen LogP contribution in [0.4, 0.5) is 10.2 Å². The topological polar surface area (TPSA) is 24.9 Å². The maximum absolute atomic E-state index is 13.6. The number of aryl methyl sites for hydroxylation is 2. The molecule has 2 nitrogen and oxygen atoms in total. The number of hydrogen-bond acceptors (Lipinski definition) is 2. The standard InChI is InChI=1S/C13H15FN2/c1-4-15-13-9(3)7-10-11(14)6-5-8(2)12(10)16-13/h5-7H,4H2,1-3H3,(H,15,16). The first-order chi connectivity index (χ1) is 7.63. The van der Waals surface area contributed by atoms with E-state index in [2.05, 4.69) is 10.3 Å². The number of fused-ring (bicyclic) bond motifs is 1. The van der Waals surface area contributed by atoms with E-state index in [0.717, 1.165) is 29.0 Å². The average molecular weight is 218 g/mol. The molecule has 0 unspecified atom stereocenters. The second kappa shape index (κ2) is 4.08. The molecular weight excluding hydrogens is 203 g/mol. The number of nitrogens with one attached hydrogen (secondary N) is 1. The van der Waals surface area contributed by atoms with Crippen molar-refractivity contribution >= 4 is 16.7 Å². The quantitative estimate of drug-likeness (QED) is 0.835. The molecule has 0 atom stereocenters. The Kier molecular flexibility index (Phi) is 2.77. The summed E-state index contributed by atoms with van der Waals surface area (Å²) in [6.07, 6.45) is 0. The summed E-state index contributed by atoms with van der Waals surface area (Å²) < 4.78 is 13.6. The fourth-order valence-corrected chi connectivity index (χ4v) is 1.81. The summed E-state index contributed by atoms with van der Waals surface area (Å²) in [6.45, 7) is 6.71. The third-order valence-electron chi connectivity index (χ3n) is 2.67. The van der Waals surface area contributed by atoms with Gasteiger partial charge in [-0.15, -0.1) is 0 Å². The number of halogens is 1. The Bertz CT molecular complexity index is 535. The van der Waals surface area contributed by atoms with Crippen LogP contribution >= 0.6 is 0 Å². The largest absolute Gasteiger partial charge is 0.370 e. The van der Waals surface area contributed by atoms with E-state index < -0.39 is 0 Å². The predicted octanol–water partition coefficient (Wildman–Crippen LogP) is 3.42. The summed E-state index contributed by atoms with van der Waals surface area (Å²) in [4.78, 5) is 4.47. The molecule has 0 spiro atoms. The summed E-state index contributed by atoms with van der Waals surface area (Å²) in [5, 5.41) is 3.78. The second-order valence-electron chi connectivity index (χ2n) is 3.94. The van der Waals surface area contributed by atoms with Crippen LogP contribution in [0.15, 0.2) is 18.2 Å². The Balaban J connectivity index is 2.73. The van der Waals surface area contributed by atoms with Crippen molar-refractivity contribution in [1.82, 2.24) is 4.98 Å². The van der Waals surface area contributed by atoms with Crippen LogP contribution < -0.4 is 5.32 Å². The Hall–Kier alpha value is -1.64. The Morgan fingerprint density at radius 2 is 2.00 bits per heavy atom. The first-order valence-corrected chi connectivity index (χ1v) is 5.43. The maximum atomic E-state index is 13.6. The van der Waals surface area contributed by atoms with Gasteiger partial charge in [0, 0.05) is 11.9 Å². The van der Waals surface area contributed by atoms with Gasteiger partial charge in [-0.1, -0.05) is 6.07 Å². The molecule has 3 heteroatoms. The van der Waals surface area contributed by atoms with Crippen molar-refractivity contribution < 1.29 is 4.39 Å². The highest BCUT2D eigenvalue weighted by molar-refractivity contribution is 5.85. The van der Waals surface area contributed by atoms with Crippen molar-refractivity contribution in [2.24, 2.45) is 0 Å². The monoisotopic (exact) mass is 218 g/mol. The van der Waals surface area contributed by atoms with E-state index in [0.29, 0.717) is 5.39 Å². The molecule has 0 saturated heterocycles. The Morgan fingerprint density at radius 1 is 1.25 bits per heavy atom. The van der Waals surface area contributed by atoms with Crippen molar-refractivity contribution in [3.63, 3.8) is 0 Å². The highest BCUT2D eigenvalue weighted by atomic mass is 19.1. The summed E-state index contributed by atoms with van der Waals surface area (Å²) >= 11 is 0. The number of benzene rings is 1. The van der Waals surface area contributed by atoms with Crippen molar-refractivity contribution in [2.45, 2.75) is 20.8 Å². The summed E-state index contributed by atoms with van der Waals surface area (Å²) in [6, 6.07) is 5.10. The van der Waals surface area contributed by atoms with E-state index in [1.165, 1.54) is 6.07 Å². The summed E-state index contributed by atoms with van der Waals surface area (Å²) in [7, 11) is 0. The molecular formula is C13H15FN2.